The number of nitrogens with one attached hydrogen (secondary N) is 2. The van der Waals surface area contributed by atoms with E-state index in [4.69, 9.17) is 0 Å². The number of anilines is 1. The van der Waals surface area contributed by atoms with Crippen LogP contribution >= 0.6 is 0 Å². The number of carbonyl (C=O) groups is 1. The highest BCUT2D eigenvalue weighted by Crippen LogP contribution is 2.03. The largest absolute Gasteiger partial charge is 0.364 e. The zero-order valence-electron chi connectivity index (χ0n) is 10.8. The highest BCUT2D eigenvalue weighted by molar-refractivity contribution is 6.02. The van der Waals surface area contributed by atoms with Gasteiger partial charge in [0.15, 0.2) is 5.43 Å². The second-order valence-corrected chi connectivity index (χ2v) is 4.15. The Morgan fingerprint density at radius 2 is 1.95 bits per heavy atom. The molecule has 0 aromatic carbocycles. The van der Waals surface area contributed by atoms with Crippen molar-refractivity contribution in [1.29, 1.82) is 0 Å². The number of aromatic amines is 1. The highest BCUT2D eigenvalue weighted by atomic mass is 16.2. The van der Waals surface area contributed by atoms with Crippen molar-refractivity contribution in [2.75, 3.05) is 5.32 Å². The molecular formula is C12H13N5O2. The van der Waals surface area contributed by atoms with Gasteiger partial charge in [-0.3, -0.25) is 14.9 Å². The molecule has 0 unspecified atom stereocenters. The van der Waals surface area contributed by atoms with E-state index >= 15 is 0 Å². The molecule has 0 bridgehead atoms. The Bertz CT molecular complexity index is 693. The van der Waals surface area contributed by atoms with Crippen molar-refractivity contribution in [2.45, 2.75) is 20.8 Å². The van der Waals surface area contributed by atoms with Gasteiger partial charge in [-0.25, -0.2) is 4.98 Å². The van der Waals surface area contributed by atoms with Gasteiger partial charge >= 0.3 is 0 Å². The minimum absolute atomic E-state index is 0.00688. The molecule has 0 fully saturated rings. The van der Waals surface area contributed by atoms with E-state index in [1.165, 1.54) is 12.3 Å². The van der Waals surface area contributed by atoms with Crippen LogP contribution in [0.5, 0.6) is 0 Å². The lowest BCUT2D eigenvalue weighted by atomic mass is 10.2. The van der Waals surface area contributed by atoms with Crippen molar-refractivity contribution in [1.82, 2.24) is 20.2 Å². The number of aryl methyl sites for hydroxylation is 3. The molecule has 2 aromatic heterocycles. The fraction of sp³-hybridized carbons (Fsp3) is 0.250. The van der Waals surface area contributed by atoms with Crippen molar-refractivity contribution in [3.8, 4) is 0 Å². The van der Waals surface area contributed by atoms with Crippen LogP contribution in [0.3, 0.4) is 0 Å². The quantitative estimate of drug-likeness (QED) is 0.828. The van der Waals surface area contributed by atoms with Gasteiger partial charge in [-0.15, -0.1) is 5.10 Å². The van der Waals surface area contributed by atoms with Gasteiger partial charge in [0.1, 0.15) is 5.56 Å². The molecule has 19 heavy (non-hydrogen) atoms. The van der Waals surface area contributed by atoms with Gasteiger partial charge in [-0.2, -0.15) is 5.10 Å². The molecule has 7 heteroatoms. The Morgan fingerprint density at radius 1 is 1.21 bits per heavy atom. The number of carbonyl (C=O) groups excluding carboxylic acids is 1. The van der Waals surface area contributed by atoms with Gasteiger partial charge in [0.05, 0.1) is 11.4 Å². The third kappa shape index (κ3) is 2.82. The first-order valence-corrected chi connectivity index (χ1v) is 5.66. The molecule has 0 aliphatic rings. The number of H-pyrrole nitrogens is 1. The first kappa shape index (κ1) is 12.9. The van der Waals surface area contributed by atoms with Gasteiger partial charge in [0.2, 0.25) is 5.95 Å². The van der Waals surface area contributed by atoms with E-state index in [1.807, 2.05) is 0 Å². The first-order chi connectivity index (χ1) is 8.97. The summed E-state index contributed by atoms with van der Waals surface area (Å²) in [6, 6.07) is 1.36. The lowest BCUT2D eigenvalue weighted by Crippen LogP contribution is -2.23. The first-order valence-electron chi connectivity index (χ1n) is 5.66. The Balaban J connectivity index is 2.25. The number of hydrogen-bond acceptors (Lipinski definition) is 5. The molecule has 0 atom stereocenters. The van der Waals surface area contributed by atoms with E-state index in [0.717, 1.165) is 0 Å². The fourth-order valence-corrected chi connectivity index (χ4v) is 1.43. The molecule has 98 valence electrons. The maximum absolute atomic E-state index is 11.9. The van der Waals surface area contributed by atoms with E-state index in [1.54, 1.807) is 20.8 Å². The highest BCUT2D eigenvalue weighted by Gasteiger charge is 2.12. The molecule has 2 N–H and O–H groups in total. The van der Waals surface area contributed by atoms with E-state index in [-0.39, 0.29) is 16.9 Å². The van der Waals surface area contributed by atoms with E-state index in [2.05, 4.69) is 25.5 Å². The summed E-state index contributed by atoms with van der Waals surface area (Å²) in [5.74, 6) is -0.487. The van der Waals surface area contributed by atoms with Gasteiger partial charge in [-0.1, -0.05) is 0 Å². The zero-order valence-corrected chi connectivity index (χ0v) is 10.8. The molecule has 2 heterocycles. The summed E-state index contributed by atoms with van der Waals surface area (Å²) < 4.78 is 0. The van der Waals surface area contributed by atoms with Crippen LogP contribution in [0.1, 0.15) is 27.4 Å². The van der Waals surface area contributed by atoms with Crippen LogP contribution in [0.4, 0.5) is 5.95 Å². The predicted molar refractivity (Wildman–Crippen MR) is 69.1 cm³/mol. The van der Waals surface area contributed by atoms with Gasteiger partial charge in [0.25, 0.3) is 5.91 Å². The average Bonchev–Trinajstić information content (AvgIpc) is 2.33. The fourth-order valence-electron chi connectivity index (χ4n) is 1.43. The van der Waals surface area contributed by atoms with Crippen molar-refractivity contribution >= 4 is 11.9 Å². The van der Waals surface area contributed by atoms with Gasteiger partial charge in [0, 0.05) is 18.0 Å². The summed E-state index contributed by atoms with van der Waals surface area (Å²) in [6.45, 7) is 5.27. The summed E-state index contributed by atoms with van der Waals surface area (Å²) >= 11 is 0. The third-order valence-electron chi connectivity index (χ3n) is 2.62. The molecule has 2 aromatic rings. The molecule has 2 rings (SSSR count). The summed E-state index contributed by atoms with van der Waals surface area (Å²) in [5, 5.41) is 10.0. The maximum atomic E-state index is 11.9. The van der Waals surface area contributed by atoms with Crippen molar-refractivity contribution in [3.05, 3.63) is 45.1 Å². The summed E-state index contributed by atoms with van der Waals surface area (Å²) in [4.78, 5) is 30.4. The van der Waals surface area contributed by atoms with Crippen LogP contribution in [-0.2, 0) is 0 Å². The molecular weight excluding hydrogens is 246 g/mol. The van der Waals surface area contributed by atoms with Crippen LogP contribution in [-0.4, -0.2) is 26.1 Å². The molecule has 0 spiro atoms. The smallest absolute Gasteiger partial charge is 0.263 e. The summed E-state index contributed by atoms with van der Waals surface area (Å²) in [7, 11) is 0. The third-order valence-corrected chi connectivity index (χ3v) is 2.62. The van der Waals surface area contributed by atoms with Crippen LogP contribution in [0, 0.1) is 20.8 Å². The van der Waals surface area contributed by atoms with Crippen molar-refractivity contribution < 1.29 is 4.79 Å². The Labute approximate surface area is 109 Å². The Morgan fingerprint density at radius 3 is 2.58 bits per heavy atom. The molecule has 0 aliphatic carbocycles. The maximum Gasteiger partial charge on any atom is 0.263 e. The van der Waals surface area contributed by atoms with E-state index in [9.17, 15) is 9.59 Å². The van der Waals surface area contributed by atoms with Crippen molar-refractivity contribution in [3.63, 3.8) is 0 Å². The Kier molecular flexibility index (Phi) is 3.37. The van der Waals surface area contributed by atoms with Gasteiger partial charge in [-0.05, 0) is 20.8 Å². The molecule has 0 aliphatic heterocycles. The summed E-state index contributed by atoms with van der Waals surface area (Å²) in [6.07, 6.45) is 1.36. The number of aromatic nitrogens is 4. The average molecular weight is 259 g/mol. The van der Waals surface area contributed by atoms with Crippen LogP contribution in [0.15, 0.2) is 17.1 Å². The Hall–Kier alpha value is -2.57. The monoisotopic (exact) mass is 259 g/mol. The lowest BCUT2D eigenvalue weighted by Gasteiger charge is -2.04. The number of rotatable bonds is 2. The summed E-state index contributed by atoms with van der Waals surface area (Å²) in [5.41, 5.74) is 1.69. The minimum Gasteiger partial charge on any atom is -0.364 e. The number of hydrogen-bond donors (Lipinski definition) is 2. The minimum atomic E-state index is -0.564. The molecule has 7 nitrogen and oxygen atoms in total. The second-order valence-electron chi connectivity index (χ2n) is 4.15. The molecule has 0 saturated carbocycles. The number of pyridine rings is 1. The molecule has 1 amide bonds. The van der Waals surface area contributed by atoms with Crippen LogP contribution in [0.25, 0.3) is 0 Å². The number of nitrogens with zero attached hydrogens (tertiary/aromatic N) is 3. The second kappa shape index (κ2) is 4.97. The van der Waals surface area contributed by atoms with E-state index < -0.39 is 5.91 Å². The lowest BCUT2D eigenvalue weighted by molar-refractivity contribution is 0.102. The standard InChI is InChI=1S/C12H13N5O2/c1-6-4-10(18)9(5-13-6)11(19)15-12-14-7(2)8(3)16-17-12/h4-5H,1-3H3,(H,13,18)(H,14,15,17,19). The normalized spacial score (nSPS) is 10.3. The SMILES string of the molecule is Cc1cc(=O)c(C(=O)Nc2nnc(C)c(C)n2)c[nH]1. The van der Waals surface area contributed by atoms with Crippen molar-refractivity contribution in [2.24, 2.45) is 0 Å². The predicted octanol–water partition coefficient (Wildman–Crippen LogP) is 0.737. The molecule has 0 radical (unpaired) electrons. The topological polar surface area (TPSA) is 101 Å². The van der Waals surface area contributed by atoms with Gasteiger partial charge < -0.3 is 4.98 Å². The van der Waals surface area contributed by atoms with Crippen LogP contribution < -0.4 is 10.7 Å². The van der Waals surface area contributed by atoms with E-state index in [0.29, 0.717) is 17.1 Å². The zero-order chi connectivity index (χ0) is 14.0. The molecule has 0 saturated heterocycles. The number of amides is 1. The van der Waals surface area contributed by atoms with Crippen LogP contribution in [0.2, 0.25) is 0 Å².